The summed E-state index contributed by atoms with van der Waals surface area (Å²) in [5.74, 6) is 2.79. The predicted molar refractivity (Wildman–Crippen MR) is 114 cm³/mol. The Morgan fingerprint density at radius 1 is 0.969 bits per heavy atom. The Balaban J connectivity index is 1.70. The van der Waals surface area contributed by atoms with Crippen molar-refractivity contribution in [2.24, 2.45) is 5.92 Å². The summed E-state index contributed by atoms with van der Waals surface area (Å²) in [5, 5.41) is 0. The van der Waals surface area contributed by atoms with E-state index < -0.39 is 29.6 Å². The first-order valence-electron chi connectivity index (χ1n) is 10.8. The van der Waals surface area contributed by atoms with Crippen molar-refractivity contribution in [1.82, 2.24) is 0 Å². The molecule has 0 unspecified atom stereocenters. The molecule has 1 fully saturated rings. The molecule has 1 nitrogen and oxygen atoms in total. The SMILES string of the molecule is CCCC1CCC(c2ccc(C#Cc3cc(F)c(O/C=C/C(F)F)c(F)c3)c(F)c2)CC1. The van der Waals surface area contributed by atoms with Crippen molar-refractivity contribution < 1.29 is 26.7 Å². The average Bonchev–Trinajstić information content (AvgIpc) is 2.75. The quantitative estimate of drug-likeness (QED) is 0.250. The molecule has 3 rings (SSSR count). The number of benzene rings is 2. The summed E-state index contributed by atoms with van der Waals surface area (Å²) in [4.78, 5) is 0. The first-order valence-corrected chi connectivity index (χ1v) is 10.8. The Kier molecular flexibility index (Phi) is 8.33. The minimum Gasteiger partial charge on any atom is -0.459 e. The Morgan fingerprint density at radius 2 is 1.66 bits per heavy atom. The van der Waals surface area contributed by atoms with Gasteiger partial charge >= 0.3 is 0 Å². The molecule has 0 aromatic heterocycles. The molecule has 0 saturated heterocycles. The van der Waals surface area contributed by atoms with Gasteiger partial charge in [0.15, 0.2) is 17.4 Å². The van der Waals surface area contributed by atoms with E-state index in [9.17, 15) is 22.0 Å². The predicted octanol–water partition coefficient (Wildman–Crippen LogP) is 7.74. The zero-order valence-electron chi connectivity index (χ0n) is 17.8. The zero-order valence-corrected chi connectivity index (χ0v) is 17.8. The first-order chi connectivity index (χ1) is 15.4. The van der Waals surface area contributed by atoms with Crippen molar-refractivity contribution in [2.75, 3.05) is 0 Å². The van der Waals surface area contributed by atoms with E-state index in [2.05, 4.69) is 23.5 Å². The second-order valence-electron chi connectivity index (χ2n) is 8.05. The van der Waals surface area contributed by atoms with Crippen LogP contribution in [0.1, 0.15) is 68.1 Å². The highest BCUT2D eigenvalue weighted by Gasteiger charge is 2.22. The fourth-order valence-corrected chi connectivity index (χ4v) is 4.13. The van der Waals surface area contributed by atoms with Crippen molar-refractivity contribution in [3.63, 3.8) is 0 Å². The maximum atomic E-state index is 14.6. The molecule has 0 amide bonds. The van der Waals surface area contributed by atoms with Gasteiger partial charge in [-0.05, 0) is 67.3 Å². The van der Waals surface area contributed by atoms with Crippen molar-refractivity contribution in [3.8, 4) is 17.6 Å². The van der Waals surface area contributed by atoms with Crippen LogP contribution in [0.3, 0.4) is 0 Å². The molecule has 0 spiro atoms. The van der Waals surface area contributed by atoms with Crippen molar-refractivity contribution in [2.45, 2.75) is 57.8 Å². The number of halogens is 5. The van der Waals surface area contributed by atoms with E-state index in [0.29, 0.717) is 18.3 Å². The third-order valence-corrected chi connectivity index (χ3v) is 5.76. The minimum absolute atomic E-state index is 0.0251. The van der Waals surface area contributed by atoms with Gasteiger partial charge < -0.3 is 4.74 Å². The zero-order chi connectivity index (χ0) is 23.1. The number of rotatable bonds is 6. The Hall–Kier alpha value is -2.81. The Labute approximate surface area is 185 Å². The number of hydrogen-bond acceptors (Lipinski definition) is 1. The number of alkyl halides is 2. The summed E-state index contributed by atoms with van der Waals surface area (Å²) >= 11 is 0. The molecule has 0 bridgehead atoms. The Bertz CT molecular complexity index is 988. The fraction of sp³-hybridized carbons (Fsp3) is 0.385. The Morgan fingerprint density at radius 3 is 2.25 bits per heavy atom. The van der Waals surface area contributed by atoms with Crippen LogP contribution in [-0.2, 0) is 0 Å². The summed E-state index contributed by atoms with van der Waals surface area (Å²) in [7, 11) is 0. The maximum absolute atomic E-state index is 14.6. The van der Waals surface area contributed by atoms with E-state index in [1.807, 2.05) is 6.07 Å². The van der Waals surface area contributed by atoms with Crippen LogP contribution in [0.5, 0.6) is 5.75 Å². The molecule has 32 heavy (non-hydrogen) atoms. The van der Waals surface area contributed by atoms with Crippen LogP contribution in [0.2, 0.25) is 0 Å². The van der Waals surface area contributed by atoms with Crippen LogP contribution in [-0.4, -0.2) is 6.43 Å². The normalized spacial score (nSPS) is 18.6. The largest absolute Gasteiger partial charge is 0.459 e. The monoisotopic (exact) mass is 448 g/mol. The lowest BCUT2D eigenvalue weighted by Gasteiger charge is -2.28. The molecular weight excluding hydrogens is 423 g/mol. The standard InChI is InChI=1S/C26H25F5O/c1-2-3-17-4-7-19(8-5-17)21-11-10-20(22(27)16-21)9-6-18-14-23(28)26(24(29)15-18)32-13-12-25(30)31/h10-17,19,25H,2-5,7-8H2,1H3/b13-12+. The molecule has 6 heteroatoms. The number of allylic oxidation sites excluding steroid dienone is 1. The van der Waals surface area contributed by atoms with E-state index in [1.54, 1.807) is 6.07 Å². The van der Waals surface area contributed by atoms with Crippen LogP contribution < -0.4 is 4.74 Å². The first kappa shape index (κ1) is 23.8. The lowest BCUT2D eigenvalue weighted by atomic mass is 9.77. The number of ether oxygens (including phenoxy) is 1. The smallest absolute Gasteiger partial charge is 0.260 e. The van der Waals surface area contributed by atoms with Crippen molar-refractivity contribution in [1.29, 1.82) is 0 Å². The van der Waals surface area contributed by atoms with Gasteiger partial charge in [0, 0.05) is 11.6 Å². The summed E-state index contributed by atoms with van der Waals surface area (Å²) in [6.45, 7) is 2.19. The van der Waals surface area contributed by atoms with E-state index in [-0.39, 0.29) is 11.1 Å². The van der Waals surface area contributed by atoms with Gasteiger partial charge in [0.1, 0.15) is 5.82 Å². The molecule has 0 heterocycles. The number of hydrogen-bond donors (Lipinski definition) is 0. The average molecular weight is 448 g/mol. The highest BCUT2D eigenvalue weighted by Crippen LogP contribution is 2.37. The molecule has 2 aromatic carbocycles. The highest BCUT2D eigenvalue weighted by molar-refractivity contribution is 5.46. The summed E-state index contributed by atoms with van der Waals surface area (Å²) in [6, 6.07) is 6.77. The minimum atomic E-state index is -2.80. The van der Waals surface area contributed by atoms with Gasteiger partial charge in [-0.15, -0.1) is 0 Å². The fourth-order valence-electron chi connectivity index (χ4n) is 4.13. The molecule has 170 valence electrons. The van der Waals surface area contributed by atoms with Crippen molar-refractivity contribution in [3.05, 3.63) is 76.8 Å². The molecule has 0 atom stereocenters. The third kappa shape index (κ3) is 6.35. The summed E-state index contributed by atoms with van der Waals surface area (Å²) < 4.78 is 71.4. The highest BCUT2D eigenvalue weighted by atomic mass is 19.3. The second kappa shape index (κ2) is 11.2. The van der Waals surface area contributed by atoms with Crippen LogP contribution in [0.4, 0.5) is 22.0 Å². The second-order valence-corrected chi connectivity index (χ2v) is 8.05. The van der Waals surface area contributed by atoms with Crippen LogP contribution >= 0.6 is 0 Å². The maximum Gasteiger partial charge on any atom is 0.260 e. The van der Waals surface area contributed by atoms with Gasteiger partial charge in [-0.2, -0.15) is 0 Å². The van der Waals surface area contributed by atoms with Gasteiger partial charge in [-0.25, -0.2) is 22.0 Å². The lowest BCUT2D eigenvalue weighted by molar-refractivity contribution is 0.200. The lowest BCUT2D eigenvalue weighted by Crippen LogP contribution is -2.13. The topological polar surface area (TPSA) is 9.23 Å². The van der Waals surface area contributed by atoms with E-state index in [4.69, 9.17) is 0 Å². The van der Waals surface area contributed by atoms with Crippen LogP contribution in [0.25, 0.3) is 0 Å². The van der Waals surface area contributed by atoms with Crippen LogP contribution in [0.15, 0.2) is 42.7 Å². The summed E-state index contributed by atoms with van der Waals surface area (Å²) in [6.07, 6.45) is 4.94. The van der Waals surface area contributed by atoms with Gasteiger partial charge in [-0.3, -0.25) is 0 Å². The van der Waals surface area contributed by atoms with Gasteiger partial charge in [0.2, 0.25) is 0 Å². The van der Waals surface area contributed by atoms with E-state index in [1.165, 1.54) is 18.9 Å². The van der Waals surface area contributed by atoms with E-state index >= 15 is 0 Å². The molecule has 1 saturated carbocycles. The molecule has 2 aromatic rings. The molecule has 1 aliphatic rings. The molecule has 1 aliphatic carbocycles. The molecule has 0 aliphatic heterocycles. The van der Waals surface area contributed by atoms with Gasteiger partial charge in [0.05, 0.1) is 11.8 Å². The van der Waals surface area contributed by atoms with Gasteiger partial charge in [-0.1, -0.05) is 37.7 Å². The third-order valence-electron chi connectivity index (χ3n) is 5.76. The van der Waals surface area contributed by atoms with Crippen LogP contribution in [0, 0.1) is 35.2 Å². The summed E-state index contributed by atoms with van der Waals surface area (Å²) in [5.41, 5.74) is 1.07. The molecular formula is C26H25F5O. The van der Waals surface area contributed by atoms with Crippen molar-refractivity contribution >= 4 is 0 Å². The molecule has 0 N–H and O–H groups in total. The van der Waals surface area contributed by atoms with E-state index in [0.717, 1.165) is 49.3 Å². The van der Waals surface area contributed by atoms with Gasteiger partial charge in [0.25, 0.3) is 6.43 Å². The molecule has 0 radical (unpaired) electrons.